The Bertz CT molecular complexity index is 1300. The number of nitrogens with zero attached hydrogens (tertiary/aromatic N) is 1. The largest absolute Gasteiger partial charge is 0.481 e. The third kappa shape index (κ3) is 6.53. The number of sulfonamides is 1. The first-order chi connectivity index (χ1) is 17.8. The highest BCUT2D eigenvalue weighted by Gasteiger charge is 2.55. The van der Waals surface area contributed by atoms with Crippen LogP contribution in [-0.2, 0) is 19.6 Å². The quantitative estimate of drug-likeness (QED) is 0.378. The van der Waals surface area contributed by atoms with Gasteiger partial charge in [-0.1, -0.05) is 54.4 Å². The Balaban J connectivity index is 1.91. The maximum absolute atomic E-state index is 14.4. The van der Waals surface area contributed by atoms with Crippen molar-refractivity contribution in [1.82, 2.24) is 9.62 Å². The molecule has 2 aromatic rings. The molecule has 0 aromatic heterocycles. The second-order valence-corrected chi connectivity index (χ2v) is 13.8. The average molecular weight is 582 g/mol. The number of carbonyl (C=O) groups excluding carboxylic acids is 1. The summed E-state index contributed by atoms with van der Waals surface area (Å²) in [6.07, 6.45) is 1.52. The molecule has 1 saturated heterocycles. The fraction of sp³-hybridized carbons (Fsp3) is 0.500. The fourth-order valence-corrected chi connectivity index (χ4v) is 7.82. The van der Waals surface area contributed by atoms with E-state index in [-0.39, 0.29) is 42.4 Å². The highest BCUT2D eigenvalue weighted by atomic mass is 35.5. The lowest BCUT2D eigenvalue weighted by atomic mass is 9.67. The number of piperidine rings is 1. The summed E-state index contributed by atoms with van der Waals surface area (Å²) in [5.41, 5.74) is 0.443. The van der Waals surface area contributed by atoms with Gasteiger partial charge in [-0.05, 0) is 74.4 Å². The Kier molecular flexibility index (Phi) is 8.48. The Morgan fingerprint density at radius 2 is 1.76 bits per heavy atom. The third-order valence-electron chi connectivity index (χ3n) is 7.46. The van der Waals surface area contributed by atoms with Crippen LogP contribution in [0.4, 0.5) is 0 Å². The van der Waals surface area contributed by atoms with E-state index in [1.807, 2.05) is 30.3 Å². The van der Waals surface area contributed by atoms with E-state index in [0.717, 1.165) is 24.0 Å². The molecule has 4 rings (SSSR count). The van der Waals surface area contributed by atoms with Crippen LogP contribution in [0.3, 0.4) is 0 Å². The number of halogens is 2. The van der Waals surface area contributed by atoms with Crippen molar-refractivity contribution in [1.29, 1.82) is 0 Å². The predicted octanol–water partition coefficient (Wildman–Crippen LogP) is 5.64. The molecule has 2 unspecified atom stereocenters. The Morgan fingerprint density at radius 1 is 1.11 bits per heavy atom. The van der Waals surface area contributed by atoms with E-state index in [1.165, 1.54) is 0 Å². The number of hydrogen-bond donors (Lipinski definition) is 2. The second-order valence-electron chi connectivity index (χ2n) is 11.2. The average Bonchev–Trinajstić information content (AvgIpc) is 3.64. The minimum Gasteiger partial charge on any atom is -0.481 e. The maximum Gasteiger partial charge on any atom is 0.304 e. The summed E-state index contributed by atoms with van der Waals surface area (Å²) < 4.78 is 29.0. The van der Waals surface area contributed by atoms with Gasteiger partial charge in [0.05, 0.1) is 29.7 Å². The number of aliphatic carboxylic acids is 1. The van der Waals surface area contributed by atoms with E-state index >= 15 is 0 Å². The molecule has 7 nitrogen and oxygen atoms in total. The van der Waals surface area contributed by atoms with Crippen LogP contribution in [0.2, 0.25) is 10.0 Å². The van der Waals surface area contributed by atoms with Crippen molar-refractivity contribution >= 4 is 45.1 Å². The summed E-state index contributed by atoms with van der Waals surface area (Å²) in [6.45, 7) is 5.19. The number of carboxylic acids is 1. The summed E-state index contributed by atoms with van der Waals surface area (Å²) in [6, 6.07) is 13.2. The molecule has 4 atom stereocenters. The maximum atomic E-state index is 14.4. The molecule has 0 spiro atoms. The highest BCUT2D eigenvalue weighted by Crippen LogP contribution is 2.54. The monoisotopic (exact) mass is 580 g/mol. The zero-order valence-electron chi connectivity index (χ0n) is 21.7. The van der Waals surface area contributed by atoms with E-state index in [1.54, 1.807) is 43.9 Å². The fourth-order valence-electron chi connectivity index (χ4n) is 5.80. The van der Waals surface area contributed by atoms with Crippen molar-refractivity contribution in [3.05, 3.63) is 69.7 Å². The number of likely N-dealkylation sites (tertiary alicyclic amines) is 1. The summed E-state index contributed by atoms with van der Waals surface area (Å²) in [4.78, 5) is 28.0. The van der Waals surface area contributed by atoms with Crippen molar-refractivity contribution in [3.63, 3.8) is 0 Å². The van der Waals surface area contributed by atoms with Gasteiger partial charge in [0.1, 0.15) is 0 Å². The molecule has 1 heterocycles. The smallest absolute Gasteiger partial charge is 0.304 e. The van der Waals surface area contributed by atoms with Crippen LogP contribution < -0.4 is 4.72 Å². The number of rotatable bonds is 10. The molecule has 2 aliphatic rings. The van der Waals surface area contributed by atoms with Gasteiger partial charge >= 0.3 is 5.97 Å². The highest BCUT2D eigenvalue weighted by molar-refractivity contribution is 7.89. The van der Waals surface area contributed by atoms with Crippen LogP contribution in [-0.4, -0.2) is 48.1 Å². The lowest BCUT2D eigenvalue weighted by Gasteiger charge is -2.52. The molecule has 1 aliphatic heterocycles. The Labute approximate surface area is 234 Å². The standard InChI is InChI=1S/C28H34Cl2N2O5S/c1-17(2)31-38(36,37)16-24(18-7-8-18)32-26(19-9-11-21(29)12-10-19)23(20-5-4-6-22(30)13-20)14-28(3,27(32)35)15-25(33)34/h4-6,9-13,17-18,23-24,26,31H,7-8,14-16H2,1-3H3,(H,33,34)/t23?,24?,26-,28-/m1/s1. The molecular formula is C28H34Cl2N2O5S. The number of benzene rings is 2. The van der Waals surface area contributed by atoms with Gasteiger partial charge in [-0.15, -0.1) is 0 Å². The van der Waals surface area contributed by atoms with Gasteiger partial charge in [-0.3, -0.25) is 9.59 Å². The summed E-state index contributed by atoms with van der Waals surface area (Å²) in [5, 5.41) is 10.9. The normalized spacial score (nSPS) is 25.0. The molecule has 10 heteroatoms. The zero-order valence-corrected chi connectivity index (χ0v) is 24.1. The number of carboxylic acid groups (broad SMARTS) is 1. The van der Waals surface area contributed by atoms with Crippen LogP contribution in [0.1, 0.15) is 69.5 Å². The molecule has 0 radical (unpaired) electrons. The lowest BCUT2D eigenvalue weighted by molar-refractivity contribution is -0.160. The molecular weight excluding hydrogens is 547 g/mol. The number of amides is 1. The van der Waals surface area contributed by atoms with Crippen LogP contribution in [0.5, 0.6) is 0 Å². The Hall–Kier alpha value is -2.13. The molecule has 1 saturated carbocycles. The van der Waals surface area contributed by atoms with Crippen molar-refractivity contribution < 1.29 is 23.1 Å². The SMILES string of the molecule is CC(C)NS(=O)(=O)CC(C1CC1)N1C(=O)[C@@](C)(CC(=O)O)CC(c2cccc(Cl)c2)[C@H]1c1ccc(Cl)cc1. The van der Waals surface area contributed by atoms with E-state index < -0.39 is 33.5 Å². The third-order valence-corrected chi connectivity index (χ3v) is 9.56. The summed E-state index contributed by atoms with van der Waals surface area (Å²) >= 11 is 12.6. The molecule has 1 amide bonds. The minimum atomic E-state index is -3.72. The minimum absolute atomic E-state index is 0.00433. The van der Waals surface area contributed by atoms with Crippen molar-refractivity contribution in [3.8, 4) is 0 Å². The van der Waals surface area contributed by atoms with Gasteiger partial charge in [-0.25, -0.2) is 13.1 Å². The van der Waals surface area contributed by atoms with Gasteiger partial charge in [0.25, 0.3) is 0 Å². The van der Waals surface area contributed by atoms with Crippen molar-refractivity contribution in [2.24, 2.45) is 11.3 Å². The van der Waals surface area contributed by atoms with Gasteiger partial charge in [0, 0.05) is 22.0 Å². The topological polar surface area (TPSA) is 104 Å². The number of hydrogen-bond acceptors (Lipinski definition) is 4. The molecule has 2 fully saturated rings. The first-order valence-corrected chi connectivity index (χ1v) is 15.3. The van der Waals surface area contributed by atoms with Crippen molar-refractivity contribution in [2.75, 3.05) is 5.75 Å². The first-order valence-electron chi connectivity index (χ1n) is 12.8. The van der Waals surface area contributed by atoms with E-state index in [0.29, 0.717) is 10.0 Å². The van der Waals surface area contributed by atoms with Gasteiger partial charge in [-0.2, -0.15) is 0 Å². The Morgan fingerprint density at radius 3 is 2.32 bits per heavy atom. The molecule has 1 aliphatic carbocycles. The van der Waals surface area contributed by atoms with Crippen LogP contribution in [0.15, 0.2) is 48.5 Å². The van der Waals surface area contributed by atoms with Gasteiger partial charge < -0.3 is 10.0 Å². The lowest BCUT2D eigenvalue weighted by Crippen LogP contribution is -2.58. The van der Waals surface area contributed by atoms with Gasteiger partial charge in [0.15, 0.2) is 0 Å². The molecule has 38 heavy (non-hydrogen) atoms. The van der Waals surface area contributed by atoms with Crippen LogP contribution in [0.25, 0.3) is 0 Å². The van der Waals surface area contributed by atoms with Gasteiger partial charge in [0.2, 0.25) is 15.9 Å². The van der Waals surface area contributed by atoms with E-state index in [9.17, 15) is 23.1 Å². The molecule has 2 aromatic carbocycles. The molecule has 2 N–H and O–H groups in total. The molecule has 206 valence electrons. The van der Waals surface area contributed by atoms with Crippen LogP contribution in [0, 0.1) is 11.3 Å². The van der Waals surface area contributed by atoms with Crippen molar-refractivity contribution in [2.45, 2.75) is 70.5 Å². The van der Waals surface area contributed by atoms with Crippen LogP contribution >= 0.6 is 23.2 Å². The first kappa shape index (κ1) is 28.9. The zero-order chi connectivity index (χ0) is 27.8. The molecule has 0 bridgehead atoms. The summed E-state index contributed by atoms with van der Waals surface area (Å²) in [7, 11) is -3.72. The van der Waals surface area contributed by atoms with E-state index in [4.69, 9.17) is 23.2 Å². The number of nitrogens with one attached hydrogen (secondary N) is 1. The number of carbonyl (C=O) groups is 2. The predicted molar refractivity (Wildman–Crippen MR) is 149 cm³/mol. The van der Waals surface area contributed by atoms with E-state index in [2.05, 4.69) is 4.72 Å². The summed E-state index contributed by atoms with van der Waals surface area (Å²) in [5.74, 6) is -1.98. The second kappa shape index (κ2) is 11.2.